The van der Waals surface area contributed by atoms with Gasteiger partial charge in [0.1, 0.15) is 14.3 Å². The largest absolute Gasteiger partial charge is 0.416 e. The quantitative estimate of drug-likeness (QED) is 0.213. The van der Waals surface area contributed by atoms with E-state index < -0.39 is 88.5 Å². The van der Waals surface area contributed by atoms with E-state index in [1.807, 2.05) is 0 Å². The number of anilines is 1. The summed E-state index contributed by atoms with van der Waals surface area (Å²) in [5.41, 5.74) is -6.57. The molecule has 0 N–H and O–H groups in total. The van der Waals surface area contributed by atoms with Gasteiger partial charge >= 0.3 is 12.4 Å². The van der Waals surface area contributed by atoms with Gasteiger partial charge in [0, 0.05) is 22.6 Å². The number of halogens is 6. The molecule has 3 aliphatic rings. The Labute approximate surface area is 210 Å². The van der Waals surface area contributed by atoms with Gasteiger partial charge in [-0.3, -0.25) is 9.59 Å². The van der Waals surface area contributed by atoms with Crippen molar-refractivity contribution in [3.63, 3.8) is 0 Å². The van der Waals surface area contributed by atoms with Gasteiger partial charge in [-0.1, -0.05) is 27.7 Å². The molecule has 204 valence electrons. The van der Waals surface area contributed by atoms with Gasteiger partial charge in [-0.25, -0.2) is 4.90 Å². The molecule has 5 nitrogen and oxygen atoms in total. The highest BCUT2D eigenvalue weighted by molar-refractivity contribution is 7.76. The monoisotopic (exact) mass is 569 g/mol. The van der Waals surface area contributed by atoms with Crippen molar-refractivity contribution in [3.05, 3.63) is 40.0 Å². The number of hydrogen-bond acceptors (Lipinski definition) is 4. The maximum Gasteiger partial charge on any atom is 0.416 e. The highest BCUT2D eigenvalue weighted by atomic mass is 31.2. The molecule has 2 fully saturated rings. The highest BCUT2D eigenvalue weighted by Crippen LogP contribution is 2.77. The maximum absolute atomic E-state index is 14.4. The number of rotatable bonds is 3. The van der Waals surface area contributed by atoms with Crippen molar-refractivity contribution in [1.82, 2.24) is 0 Å². The number of carbonyl (C=O) groups is 2. The molecule has 37 heavy (non-hydrogen) atoms. The summed E-state index contributed by atoms with van der Waals surface area (Å²) >= 11 is 0. The summed E-state index contributed by atoms with van der Waals surface area (Å²) in [5.74, 6) is -2.48. The van der Waals surface area contributed by atoms with E-state index in [-0.39, 0.29) is 11.0 Å². The van der Waals surface area contributed by atoms with Crippen LogP contribution >= 0.6 is 14.3 Å². The fraction of sp³-hybridized carbons (Fsp3) is 0.583. The fourth-order valence-corrected chi connectivity index (χ4v) is 14.1. The number of alkyl halides is 6. The zero-order chi connectivity index (χ0) is 27.9. The van der Waals surface area contributed by atoms with Crippen LogP contribution in [0.25, 0.3) is 0 Å². The minimum Gasteiger partial charge on any atom is -0.318 e. The van der Waals surface area contributed by atoms with Gasteiger partial charge in [0.25, 0.3) is 11.8 Å². The first-order valence-corrected chi connectivity index (χ1v) is 15.7. The van der Waals surface area contributed by atoms with Gasteiger partial charge in [0.15, 0.2) is 0 Å². The van der Waals surface area contributed by atoms with Gasteiger partial charge in [0.05, 0.1) is 27.4 Å². The van der Waals surface area contributed by atoms with E-state index in [1.165, 1.54) is 0 Å². The summed E-state index contributed by atoms with van der Waals surface area (Å²) in [7, 11) is -7.39. The van der Waals surface area contributed by atoms with Crippen molar-refractivity contribution < 1.29 is 45.1 Å². The molecular formula is C24H27F6NO4P2. The van der Waals surface area contributed by atoms with Crippen LogP contribution in [0.15, 0.2) is 28.8 Å². The molecule has 3 aliphatic heterocycles. The van der Waals surface area contributed by atoms with E-state index in [0.717, 1.165) is 0 Å². The molecule has 0 aromatic heterocycles. The lowest BCUT2D eigenvalue weighted by atomic mass is 10.1. The van der Waals surface area contributed by atoms with E-state index >= 15 is 0 Å². The normalized spacial score (nSPS) is 35.2. The summed E-state index contributed by atoms with van der Waals surface area (Å²) in [4.78, 5) is 27.9. The van der Waals surface area contributed by atoms with Gasteiger partial charge in [-0.2, -0.15) is 26.3 Å². The second-order valence-corrected chi connectivity index (χ2v) is 17.6. The number of carbonyl (C=O) groups excluding carboxylic acids is 2. The minimum absolute atomic E-state index is 0.101. The molecule has 4 atom stereocenters. The van der Waals surface area contributed by atoms with Crippen molar-refractivity contribution in [2.45, 2.75) is 88.4 Å². The number of amides is 2. The summed E-state index contributed by atoms with van der Waals surface area (Å²) < 4.78 is 110. The lowest BCUT2D eigenvalue weighted by Crippen LogP contribution is -2.33. The topological polar surface area (TPSA) is 71.5 Å². The van der Waals surface area contributed by atoms with E-state index in [0.29, 0.717) is 37.8 Å². The Balaban J connectivity index is 2.00. The third kappa shape index (κ3) is 4.15. The van der Waals surface area contributed by atoms with Gasteiger partial charge in [-0.15, -0.1) is 0 Å². The highest BCUT2D eigenvalue weighted by Gasteiger charge is 2.60. The summed E-state index contributed by atoms with van der Waals surface area (Å²) in [6.45, 7) is 6.55. The molecule has 3 heterocycles. The standard InChI is InChI=1S/C24H27F6NO4P2/c1-12-5-6-13(2)36(12,34)19-20(37(35)14(3)7-8-15(37)4)22(33)31(21(19)32)18-10-16(23(25,26)27)9-17(11-18)24(28,29)30/h9-15H,5-8H2,1-4H3. The Kier molecular flexibility index (Phi) is 6.72. The lowest BCUT2D eigenvalue weighted by molar-refractivity contribution is -0.143. The van der Waals surface area contributed by atoms with Crippen molar-refractivity contribution in [2.24, 2.45) is 0 Å². The van der Waals surface area contributed by atoms with Crippen LogP contribution in [-0.4, -0.2) is 34.5 Å². The Hall–Kier alpha value is -1.86. The number of nitrogens with zero attached hydrogens (tertiary/aromatic N) is 1. The van der Waals surface area contributed by atoms with Crippen LogP contribution in [-0.2, 0) is 31.1 Å². The third-order valence-electron chi connectivity index (χ3n) is 8.19. The van der Waals surface area contributed by atoms with E-state index in [1.54, 1.807) is 27.7 Å². The van der Waals surface area contributed by atoms with Crippen molar-refractivity contribution >= 4 is 31.8 Å². The van der Waals surface area contributed by atoms with E-state index in [4.69, 9.17) is 0 Å². The minimum atomic E-state index is -5.20. The summed E-state index contributed by atoms with van der Waals surface area (Å²) in [5, 5.41) is -0.880. The predicted octanol–water partition coefficient (Wildman–Crippen LogP) is 7.68. The van der Waals surface area contributed by atoms with Crippen LogP contribution in [0.4, 0.5) is 32.0 Å². The fourth-order valence-electron chi connectivity index (χ4n) is 5.92. The molecule has 0 radical (unpaired) electrons. The first-order valence-electron chi connectivity index (χ1n) is 12.0. The van der Waals surface area contributed by atoms with Crippen LogP contribution in [0.1, 0.15) is 64.5 Å². The van der Waals surface area contributed by atoms with Gasteiger partial charge < -0.3 is 9.13 Å². The van der Waals surface area contributed by atoms with Crippen LogP contribution in [0.5, 0.6) is 0 Å². The maximum atomic E-state index is 14.4. The Morgan fingerprint density at radius 2 is 0.946 bits per heavy atom. The van der Waals surface area contributed by atoms with Crippen LogP contribution < -0.4 is 4.90 Å². The number of hydrogen-bond donors (Lipinski definition) is 0. The molecule has 4 rings (SSSR count). The number of imide groups is 1. The van der Waals surface area contributed by atoms with Crippen LogP contribution in [0.2, 0.25) is 0 Å². The molecule has 0 bridgehead atoms. The summed E-state index contributed by atoms with van der Waals surface area (Å²) in [6.07, 6.45) is -8.60. The van der Waals surface area contributed by atoms with E-state index in [9.17, 15) is 45.1 Å². The first-order chi connectivity index (χ1) is 16.9. The predicted molar refractivity (Wildman–Crippen MR) is 127 cm³/mol. The first kappa shape index (κ1) is 28.2. The molecule has 4 unspecified atom stereocenters. The Morgan fingerprint density at radius 1 is 0.649 bits per heavy atom. The zero-order valence-corrected chi connectivity index (χ0v) is 22.4. The Bertz CT molecular complexity index is 1180. The second-order valence-electron chi connectivity index (χ2n) is 10.4. The van der Waals surface area contributed by atoms with Crippen LogP contribution in [0, 0.1) is 0 Å². The Morgan fingerprint density at radius 3 is 1.22 bits per heavy atom. The second kappa shape index (κ2) is 8.84. The van der Waals surface area contributed by atoms with Gasteiger partial charge in [0.2, 0.25) is 0 Å². The number of benzene rings is 1. The van der Waals surface area contributed by atoms with E-state index in [2.05, 4.69) is 0 Å². The summed E-state index contributed by atoms with van der Waals surface area (Å²) in [6, 6.07) is 0.483. The lowest BCUT2D eigenvalue weighted by Gasteiger charge is -2.27. The molecule has 1 aromatic rings. The van der Waals surface area contributed by atoms with Gasteiger partial charge in [-0.05, 0) is 43.9 Å². The molecule has 0 aliphatic carbocycles. The van der Waals surface area contributed by atoms with Crippen LogP contribution in [0.3, 0.4) is 0 Å². The molecule has 2 saturated heterocycles. The average Bonchev–Trinajstić information content (AvgIpc) is 3.32. The van der Waals surface area contributed by atoms with Crippen molar-refractivity contribution in [3.8, 4) is 0 Å². The SMILES string of the molecule is CC1CCC(C)P1(=O)C1=C(P2(=O)C(C)CCC2C)C(=O)N(c2cc(C(F)(F)F)cc(C(F)(F)F)c2)C1=O. The average molecular weight is 569 g/mol. The molecule has 0 spiro atoms. The molecule has 0 saturated carbocycles. The van der Waals surface area contributed by atoms with Crippen molar-refractivity contribution in [1.29, 1.82) is 0 Å². The molecule has 2 amide bonds. The molecule has 1 aromatic carbocycles. The molecular weight excluding hydrogens is 542 g/mol. The third-order valence-corrected chi connectivity index (χ3v) is 16.9. The zero-order valence-electron chi connectivity index (χ0n) is 20.6. The smallest absolute Gasteiger partial charge is 0.318 e. The van der Waals surface area contributed by atoms with Crippen molar-refractivity contribution in [2.75, 3.05) is 4.90 Å². The molecule has 13 heteroatoms.